The van der Waals surface area contributed by atoms with Gasteiger partial charge in [-0.1, -0.05) is 84.1 Å². The van der Waals surface area contributed by atoms with Crippen LogP contribution in [0.1, 0.15) is 109 Å². The SMILES string of the molecule is CCCCCCCCC(F)CCCc1ccc(-c2ccc(OCCCCCCC)cc2)nc1. The number of unbranched alkanes of at least 4 members (excludes halogenated alkanes) is 9. The van der Waals surface area contributed by atoms with Gasteiger partial charge in [-0.15, -0.1) is 0 Å². The fourth-order valence-corrected chi connectivity index (χ4v) is 4.18. The number of halogens is 1. The van der Waals surface area contributed by atoms with Crippen molar-refractivity contribution in [2.45, 2.75) is 116 Å². The lowest BCUT2D eigenvalue weighted by Crippen LogP contribution is -2.01. The molecule has 1 atom stereocenters. The quantitative estimate of drug-likeness (QED) is 0.197. The minimum absolute atomic E-state index is 0.652. The molecular weight excluding hydrogens is 409 g/mol. The van der Waals surface area contributed by atoms with Crippen LogP contribution in [0.3, 0.4) is 0 Å². The van der Waals surface area contributed by atoms with E-state index in [0.717, 1.165) is 55.7 Å². The highest BCUT2D eigenvalue weighted by Gasteiger charge is 2.07. The average molecular weight is 456 g/mol. The molecule has 0 bridgehead atoms. The number of hydrogen-bond donors (Lipinski definition) is 0. The van der Waals surface area contributed by atoms with Gasteiger partial charge in [0.1, 0.15) is 11.9 Å². The zero-order chi connectivity index (χ0) is 23.6. The lowest BCUT2D eigenvalue weighted by Gasteiger charge is -2.09. The largest absolute Gasteiger partial charge is 0.494 e. The molecule has 184 valence electrons. The molecule has 0 amide bonds. The highest BCUT2D eigenvalue weighted by molar-refractivity contribution is 5.60. The second-order valence-corrected chi connectivity index (χ2v) is 9.38. The molecule has 0 aliphatic carbocycles. The number of pyridine rings is 1. The van der Waals surface area contributed by atoms with Crippen LogP contribution in [0, 0.1) is 0 Å². The smallest absolute Gasteiger partial charge is 0.119 e. The van der Waals surface area contributed by atoms with Gasteiger partial charge < -0.3 is 4.74 Å². The van der Waals surface area contributed by atoms with Gasteiger partial charge >= 0.3 is 0 Å². The second-order valence-electron chi connectivity index (χ2n) is 9.38. The summed E-state index contributed by atoms with van der Waals surface area (Å²) in [6.45, 7) is 5.25. The Bertz CT molecular complexity index is 713. The van der Waals surface area contributed by atoms with Crippen molar-refractivity contribution in [1.29, 1.82) is 0 Å². The van der Waals surface area contributed by atoms with Crippen LogP contribution in [0.15, 0.2) is 42.6 Å². The topological polar surface area (TPSA) is 22.1 Å². The summed E-state index contributed by atoms with van der Waals surface area (Å²) in [6.07, 6.45) is 18.1. The Labute approximate surface area is 202 Å². The molecule has 33 heavy (non-hydrogen) atoms. The summed E-state index contributed by atoms with van der Waals surface area (Å²) < 4.78 is 20.0. The molecule has 2 aromatic rings. The van der Waals surface area contributed by atoms with Crippen LogP contribution in [0.5, 0.6) is 5.75 Å². The molecule has 1 unspecified atom stereocenters. The molecule has 3 heteroatoms. The predicted molar refractivity (Wildman–Crippen MR) is 140 cm³/mol. The van der Waals surface area contributed by atoms with Crippen LogP contribution in [0.2, 0.25) is 0 Å². The maximum Gasteiger partial charge on any atom is 0.119 e. The first kappa shape index (κ1) is 27.3. The zero-order valence-electron chi connectivity index (χ0n) is 21.2. The van der Waals surface area contributed by atoms with Gasteiger partial charge in [0, 0.05) is 11.8 Å². The van der Waals surface area contributed by atoms with Gasteiger partial charge in [-0.25, -0.2) is 4.39 Å². The summed E-state index contributed by atoms with van der Waals surface area (Å²) in [6, 6.07) is 12.4. The van der Waals surface area contributed by atoms with E-state index in [2.05, 4.69) is 43.1 Å². The fraction of sp³-hybridized carbons (Fsp3) is 0.633. The third kappa shape index (κ3) is 12.2. The number of alkyl halides is 1. The van der Waals surface area contributed by atoms with Crippen LogP contribution in [0.4, 0.5) is 4.39 Å². The van der Waals surface area contributed by atoms with Gasteiger partial charge in [0.05, 0.1) is 12.3 Å². The standard InChI is InChI=1S/C30H46FNO/c1-3-5-7-9-10-12-16-28(31)17-14-15-26-18-23-30(32-25-26)27-19-21-29(22-20-27)33-24-13-11-8-6-4-2/h18-23,25,28H,3-17,24H2,1-2H3. The van der Waals surface area contributed by atoms with Crippen molar-refractivity contribution >= 4 is 0 Å². The molecule has 2 nitrogen and oxygen atoms in total. The van der Waals surface area contributed by atoms with Crippen LogP contribution < -0.4 is 4.74 Å². The predicted octanol–water partition coefficient (Wildman–Crippen LogP) is 9.51. The average Bonchev–Trinajstić information content (AvgIpc) is 2.84. The molecular formula is C30H46FNO. The number of aromatic nitrogens is 1. The molecule has 0 radical (unpaired) electrons. The molecule has 0 fully saturated rings. The molecule has 0 aliphatic rings. The van der Waals surface area contributed by atoms with Crippen molar-refractivity contribution in [2.24, 2.45) is 0 Å². The first-order valence-electron chi connectivity index (χ1n) is 13.5. The number of ether oxygens (including phenoxy) is 1. The summed E-state index contributed by atoms with van der Waals surface area (Å²) >= 11 is 0. The van der Waals surface area contributed by atoms with E-state index in [9.17, 15) is 4.39 Å². The van der Waals surface area contributed by atoms with Crippen molar-refractivity contribution in [3.8, 4) is 17.0 Å². The van der Waals surface area contributed by atoms with Gasteiger partial charge in [-0.05, 0) is 68.0 Å². The molecule has 0 N–H and O–H groups in total. The van der Waals surface area contributed by atoms with Crippen molar-refractivity contribution in [3.63, 3.8) is 0 Å². The summed E-state index contributed by atoms with van der Waals surface area (Å²) in [7, 11) is 0. The molecule has 1 aromatic heterocycles. The number of rotatable bonds is 19. The third-order valence-corrected chi connectivity index (χ3v) is 6.35. The number of nitrogens with zero attached hydrogens (tertiary/aromatic N) is 1. The van der Waals surface area contributed by atoms with Gasteiger partial charge in [-0.3, -0.25) is 4.98 Å². The van der Waals surface area contributed by atoms with Crippen molar-refractivity contribution in [2.75, 3.05) is 6.61 Å². The van der Waals surface area contributed by atoms with Gasteiger partial charge in [-0.2, -0.15) is 0 Å². The monoisotopic (exact) mass is 455 g/mol. The Morgan fingerprint density at radius 2 is 1.36 bits per heavy atom. The minimum atomic E-state index is -0.652. The second kappa shape index (κ2) is 17.6. The summed E-state index contributed by atoms with van der Waals surface area (Å²) in [5, 5.41) is 0. The van der Waals surface area contributed by atoms with Crippen molar-refractivity contribution < 1.29 is 9.13 Å². The Kier molecular flexibility index (Phi) is 14.6. The maximum absolute atomic E-state index is 14.1. The minimum Gasteiger partial charge on any atom is -0.494 e. The Morgan fingerprint density at radius 3 is 2.03 bits per heavy atom. The Balaban J connectivity index is 1.63. The van der Waals surface area contributed by atoms with Gasteiger partial charge in [0.2, 0.25) is 0 Å². The van der Waals surface area contributed by atoms with Crippen molar-refractivity contribution in [1.82, 2.24) is 4.98 Å². The van der Waals surface area contributed by atoms with Crippen LogP contribution in [-0.2, 0) is 6.42 Å². The number of benzene rings is 1. The zero-order valence-corrected chi connectivity index (χ0v) is 21.2. The van der Waals surface area contributed by atoms with Gasteiger partial charge in [0.15, 0.2) is 0 Å². The molecule has 1 heterocycles. The van der Waals surface area contributed by atoms with E-state index in [4.69, 9.17) is 4.74 Å². The van der Waals surface area contributed by atoms with E-state index in [-0.39, 0.29) is 0 Å². The molecule has 0 spiro atoms. The molecule has 0 aliphatic heterocycles. The lowest BCUT2D eigenvalue weighted by atomic mass is 10.0. The number of hydrogen-bond acceptors (Lipinski definition) is 2. The van der Waals surface area contributed by atoms with E-state index in [1.54, 1.807) is 0 Å². The van der Waals surface area contributed by atoms with E-state index in [1.807, 2.05) is 18.3 Å². The Morgan fingerprint density at radius 1 is 0.727 bits per heavy atom. The van der Waals surface area contributed by atoms with Crippen LogP contribution in [0.25, 0.3) is 11.3 Å². The molecule has 0 saturated carbocycles. The van der Waals surface area contributed by atoms with E-state index >= 15 is 0 Å². The normalized spacial score (nSPS) is 12.1. The summed E-state index contributed by atoms with van der Waals surface area (Å²) in [5.74, 6) is 0.924. The summed E-state index contributed by atoms with van der Waals surface area (Å²) in [4.78, 5) is 4.63. The van der Waals surface area contributed by atoms with Crippen LogP contribution in [-0.4, -0.2) is 17.8 Å². The third-order valence-electron chi connectivity index (χ3n) is 6.35. The molecule has 2 rings (SSSR count). The van der Waals surface area contributed by atoms with Crippen molar-refractivity contribution in [3.05, 3.63) is 48.2 Å². The molecule has 1 aromatic carbocycles. The number of aryl methyl sites for hydroxylation is 1. The van der Waals surface area contributed by atoms with E-state index in [1.165, 1.54) is 63.4 Å². The summed E-state index contributed by atoms with van der Waals surface area (Å²) in [5.41, 5.74) is 3.25. The highest BCUT2D eigenvalue weighted by atomic mass is 19.1. The first-order valence-corrected chi connectivity index (χ1v) is 13.5. The highest BCUT2D eigenvalue weighted by Crippen LogP contribution is 2.22. The lowest BCUT2D eigenvalue weighted by molar-refractivity contribution is 0.282. The first-order chi connectivity index (χ1) is 16.2. The van der Waals surface area contributed by atoms with E-state index in [0.29, 0.717) is 6.42 Å². The van der Waals surface area contributed by atoms with Crippen LogP contribution >= 0.6 is 0 Å². The maximum atomic E-state index is 14.1. The van der Waals surface area contributed by atoms with Gasteiger partial charge in [0.25, 0.3) is 0 Å². The molecule has 0 saturated heterocycles. The van der Waals surface area contributed by atoms with E-state index < -0.39 is 6.17 Å². The fourth-order valence-electron chi connectivity index (χ4n) is 4.18. The Hall–Kier alpha value is -1.90.